The van der Waals surface area contributed by atoms with E-state index in [0.717, 1.165) is 36.4 Å². The summed E-state index contributed by atoms with van der Waals surface area (Å²) in [6.45, 7) is 5.14. The number of ether oxygens (including phenoxy) is 1. The third-order valence-corrected chi connectivity index (χ3v) is 3.62. The Morgan fingerprint density at radius 2 is 2.60 bits per heavy atom. The SMILES string of the molecule is Cc1csc(OCCC2CCCNC2)n1. The summed E-state index contributed by atoms with van der Waals surface area (Å²) in [6.07, 6.45) is 3.79. The largest absolute Gasteiger partial charge is 0.470 e. The van der Waals surface area contributed by atoms with E-state index in [1.54, 1.807) is 11.3 Å². The number of hydrogen-bond acceptors (Lipinski definition) is 4. The molecular formula is C11H18N2OS. The Hall–Kier alpha value is -0.610. The molecule has 1 atom stereocenters. The van der Waals surface area contributed by atoms with Gasteiger partial charge in [-0.15, -0.1) is 0 Å². The molecule has 4 heteroatoms. The van der Waals surface area contributed by atoms with Gasteiger partial charge < -0.3 is 10.1 Å². The lowest BCUT2D eigenvalue weighted by molar-refractivity contribution is 0.253. The molecule has 2 rings (SSSR count). The van der Waals surface area contributed by atoms with Crippen molar-refractivity contribution >= 4 is 11.3 Å². The predicted octanol–water partition coefficient (Wildman–Crippen LogP) is 2.22. The summed E-state index contributed by atoms with van der Waals surface area (Å²) in [5, 5.41) is 6.26. The molecule has 0 saturated carbocycles. The summed E-state index contributed by atoms with van der Waals surface area (Å²) >= 11 is 1.59. The average Bonchev–Trinajstić information content (AvgIpc) is 2.66. The molecule has 1 aliphatic heterocycles. The molecule has 2 heterocycles. The quantitative estimate of drug-likeness (QED) is 0.855. The molecule has 0 bridgehead atoms. The molecule has 1 unspecified atom stereocenters. The monoisotopic (exact) mass is 226 g/mol. The van der Waals surface area contributed by atoms with Crippen LogP contribution in [0.2, 0.25) is 0 Å². The van der Waals surface area contributed by atoms with Gasteiger partial charge >= 0.3 is 0 Å². The Labute approximate surface area is 94.9 Å². The maximum atomic E-state index is 5.61. The number of rotatable bonds is 4. The summed E-state index contributed by atoms with van der Waals surface area (Å²) in [6, 6.07) is 0. The molecule has 3 nitrogen and oxygen atoms in total. The fourth-order valence-corrected chi connectivity index (χ4v) is 2.55. The molecule has 1 fully saturated rings. The average molecular weight is 226 g/mol. The van der Waals surface area contributed by atoms with E-state index in [4.69, 9.17) is 4.74 Å². The molecule has 0 aliphatic carbocycles. The van der Waals surface area contributed by atoms with Crippen molar-refractivity contribution in [1.29, 1.82) is 0 Å². The lowest BCUT2D eigenvalue weighted by atomic mass is 9.97. The zero-order chi connectivity index (χ0) is 10.5. The normalized spacial score (nSPS) is 21.5. The van der Waals surface area contributed by atoms with Crippen LogP contribution in [-0.4, -0.2) is 24.7 Å². The van der Waals surface area contributed by atoms with E-state index in [9.17, 15) is 0 Å². The van der Waals surface area contributed by atoms with Crippen LogP contribution in [0.4, 0.5) is 0 Å². The summed E-state index contributed by atoms with van der Waals surface area (Å²) in [4.78, 5) is 4.27. The van der Waals surface area contributed by atoms with Gasteiger partial charge in [0, 0.05) is 5.38 Å². The number of nitrogens with zero attached hydrogens (tertiary/aromatic N) is 1. The first-order valence-corrected chi connectivity index (χ1v) is 6.48. The molecule has 1 aliphatic rings. The Balaban J connectivity index is 1.65. The van der Waals surface area contributed by atoms with Gasteiger partial charge in [0.25, 0.3) is 5.19 Å². The van der Waals surface area contributed by atoms with E-state index < -0.39 is 0 Å². The van der Waals surface area contributed by atoms with Gasteiger partial charge in [-0.25, -0.2) is 4.98 Å². The molecule has 1 N–H and O–H groups in total. The van der Waals surface area contributed by atoms with Gasteiger partial charge in [0.15, 0.2) is 0 Å². The van der Waals surface area contributed by atoms with Crippen molar-refractivity contribution in [1.82, 2.24) is 10.3 Å². The Morgan fingerprint density at radius 3 is 3.27 bits per heavy atom. The Bertz CT molecular complexity index is 295. The minimum atomic E-state index is 0.791. The van der Waals surface area contributed by atoms with Crippen LogP contribution in [0, 0.1) is 12.8 Å². The van der Waals surface area contributed by atoms with Crippen molar-refractivity contribution in [3.05, 3.63) is 11.1 Å². The molecule has 1 saturated heterocycles. The molecule has 0 amide bonds. The van der Waals surface area contributed by atoms with Crippen LogP contribution in [0.15, 0.2) is 5.38 Å². The third kappa shape index (κ3) is 3.47. The zero-order valence-electron chi connectivity index (χ0n) is 9.16. The van der Waals surface area contributed by atoms with Gasteiger partial charge in [-0.05, 0) is 45.2 Å². The van der Waals surface area contributed by atoms with E-state index in [1.807, 2.05) is 12.3 Å². The molecule has 84 valence electrons. The van der Waals surface area contributed by atoms with Crippen LogP contribution in [0.1, 0.15) is 25.0 Å². The molecule has 0 radical (unpaired) electrons. The number of aryl methyl sites for hydroxylation is 1. The van der Waals surface area contributed by atoms with Crippen molar-refractivity contribution in [2.75, 3.05) is 19.7 Å². The maximum Gasteiger partial charge on any atom is 0.273 e. The summed E-state index contributed by atoms with van der Waals surface area (Å²) in [5.74, 6) is 0.791. The van der Waals surface area contributed by atoms with Crippen molar-refractivity contribution in [3.63, 3.8) is 0 Å². The van der Waals surface area contributed by atoms with Crippen LogP contribution in [0.5, 0.6) is 5.19 Å². The van der Waals surface area contributed by atoms with E-state index in [0.29, 0.717) is 0 Å². The van der Waals surface area contributed by atoms with Gasteiger partial charge in [0.1, 0.15) is 0 Å². The first-order valence-electron chi connectivity index (χ1n) is 5.60. The van der Waals surface area contributed by atoms with Crippen molar-refractivity contribution in [3.8, 4) is 5.19 Å². The minimum Gasteiger partial charge on any atom is -0.470 e. The van der Waals surface area contributed by atoms with E-state index in [2.05, 4.69) is 10.3 Å². The fourth-order valence-electron chi connectivity index (χ4n) is 1.88. The zero-order valence-corrected chi connectivity index (χ0v) is 9.98. The highest BCUT2D eigenvalue weighted by Crippen LogP contribution is 2.19. The van der Waals surface area contributed by atoms with Gasteiger partial charge in [0.05, 0.1) is 12.3 Å². The second-order valence-corrected chi connectivity index (χ2v) is 4.92. The van der Waals surface area contributed by atoms with Crippen molar-refractivity contribution in [2.24, 2.45) is 5.92 Å². The molecular weight excluding hydrogens is 208 g/mol. The van der Waals surface area contributed by atoms with Crippen LogP contribution < -0.4 is 10.1 Å². The number of aromatic nitrogens is 1. The van der Waals surface area contributed by atoms with Crippen LogP contribution in [0.3, 0.4) is 0 Å². The predicted molar refractivity (Wildman–Crippen MR) is 62.6 cm³/mol. The number of thiazole rings is 1. The maximum absolute atomic E-state index is 5.61. The highest BCUT2D eigenvalue weighted by molar-refractivity contribution is 7.11. The first-order chi connectivity index (χ1) is 7.34. The smallest absolute Gasteiger partial charge is 0.273 e. The topological polar surface area (TPSA) is 34.1 Å². The number of nitrogens with one attached hydrogen (secondary N) is 1. The van der Waals surface area contributed by atoms with Crippen LogP contribution in [-0.2, 0) is 0 Å². The van der Waals surface area contributed by atoms with Crippen LogP contribution in [0.25, 0.3) is 0 Å². The number of piperidine rings is 1. The minimum absolute atomic E-state index is 0.791. The third-order valence-electron chi connectivity index (χ3n) is 2.75. The Morgan fingerprint density at radius 1 is 1.67 bits per heavy atom. The van der Waals surface area contributed by atoms with E-state index in [-0.39, 0.29) is 0 Å². The van der Waals surface area contributed by atoms with Gasteiger partial charge in [-0.3, -0.25) is 0 Å². The van der Waals surface area contributed by atoms with Gasteiger partial charge in [-0.1, -0.05) is 11.3 Å². The molecule has 0 aromatic carbocycles. The molecule has 1 aromatic heterocycles. The number of hydrogen-bond donors (Lipinski definition) is 1. The Kier molecular flexibility index (Phi) is 3.97. The summed E-state index contributed by atoms with van der Waals surface area (Å²) in [5.41, 5.74) is 1.05. The summed E-state index contributed by atoms with van der Waals surface area (Å²) in [7, 11) is 0. The van der Waals surface area contributed by atoms with E-state index >= 15 is 0 Å². The lowest BCUT2D eigenvalue weighted by Gasteiger charge is -2.22. The fraction of sp³-hybridized carbons (Fsp3) is 0.727. The summed E-state index contributed by atoms with van der Waals surface area (Å²) < 4.78 is 5.61. The second-order valence-electron chi connectivity index (χ2n) is 4.10. The van der Waals surface area contributed by atoms with Crippen molar-refractivity contribution in [2.45, 2.75) is 26.2 Å². The molecule has 1 aromatic rings. The standard InChI is InChI=1S/C11H18N2OS/c1-9-8-15-11(13-9)14-6-4-10-3-2-5-12-7-10/h8,10,12H,2-7H2,1H3. The van der Waals surface area contributed by atoms with Crippen molar-refractivity contribution < 1.29 is 4.74 Å². The van der Waals surface area contributed by atoms with Gasteiger partial charge in [-0.2, -0.15) is 0 Å². The lowest BCUT2D eigenvalue weighted by Crippen LogP contribution is -2.30. The van der Waals surface area contributed by atoms with E-state index in [1.165, 1.54) is 19.4 Å². The van der Waals surface area contributed by atoms with Crippen LogP contribution >= 0.6 is 11.3 Å². The highest BCUT2D eigenvalue weighted by atomic mass is 32.1. The molecule has 0 spiro atoms. The first kappa shape index (κ1) is 10.9. The highest BCUT2D eigenvalue weighted by Gasteiger charge is 2.12. The van der Waals surface area contributed by atoms with Gasteiger partial charge in [0.2, 0.25) is 0 Å². The second kappa shape index (κ2) is 5.47. The molecule has 15 heavy (non-hydrogen) atoms.